The molecule has 1 atom stereocenters. The number of aryl methyl sites for hydroxylation is 2. The third kappa shape index (κ3) is 5.87. The Morgan fingerprint density at radius 1 is 1.00 bits per heavy atom. The lowest BCUT2D eigenvalue weighted by Crippen LogP contribution is -2.39. The van der Waals surface area contributed by atoms with Crippen molar-refractivity contribution in [3.63, 3.8) is 0 Å². The fourth-order valence-corrected chi connectivity index (χ4v) is 7.27. The number of carbonyl (C=O) groups is 1. The molecule has 0 spiro atoms. The number of fused-ring (bicyclic) bond motifs is 4. The summed E-state index contributed by atoms with van der Waals surface area (Å²) in [7, 11) is 0. The van der Waals surface area contributed by atoms with Gasteiger partial charge >= 0.3 is 5.97 Å². The van der Waals surface area contributed by atoms with Crippen molar-refractivity contribution in [1.82, 2.24) is 19.9 Å². The number of pyridine rings is 2. The largest absolute Gasteiger partial charge is 0.479 e. The lowest BCUT2D eigenvalue weighted by molar-refractivity contribution is -0.160. The number of carboxylic acids is 1. The molecule has 10 heteroatoms. The number of aromatic nitrogens is 4. The molecule has 2 aliphatic heterocycles. The molecule has 48 heavy (non-hydrogen) atoms. The summed E-state index contributed by atoms with van der Waals surface area (Å²) in [6.07, 6.45) is 5.02. The van der Waals surface area contributed by atoms with Crippen molar-refractivity contribution in [2.45, 2.75) is 86.0 Å². The smallest absolute Gasteiger partial charge is 0.337 e. The summed E-state index contributed by atoms with van der Waals surface area (Å²) in [5, 5.41) is 11.4. The first-order valence-corrected chi connectivity index (χ1v) is 16.8. The molecule has 0 bridgehead atoms. The quantitative estimate of drug-likeness (QED) is 0.197. The average Bonchev–Trinajstić information content (AvgIpc) is 3.42. The Hall–Kier alpha value is -4.57. The molecule has 6 heterocycles. The Balaban J connectivity index is 1.30. The van der Waals surface area contributed by atoms with Gasteiger partial charge in [0.1, 0.15) is 11.8 Å². The highest BCUT2D eigenvalue weighted by atomic mass is 16.5. The third-order valence-electron chi connectivity index (χ3n) is 9.79. The van der Waals surface area contributed by atoms with Crippen molar-refractivity contribution in [1.29, 1.82) is 0 Å². The summed E-state index contributed by atoms with van der Waals surface area (Å²) in [5.74, 6) is -0.238. The van der Waals surface area contributed by atoms with Crippen LogP contribution in [0.25, 0.3) is 33.3 Å². The fourth-order valence-electron chi connectivity index (χ4n) is 7.27. The van der Waals surface area contributed by atoms with Gasteiger partial charge in [-0.1, -0.05) is 32.0 Å². The predicted octanol–water partition coefficient (Wildman–Crippen LogP) is 7.58. The Morgan fingerprint density at radius 3 is 2.50 bits per heavy atom. The van der Waals surface area contributed by atoms with E-state index in [9.17, 15) is 9.90 Å². The number of rotatable bonds is 6. The number of furan rings is 1. The number of piperidine rings is 1. The molecule has 10 nitrogen and oxygen atoms in total. The molecule has 4 aromatic heterocycles. The molecule has 2 aliphatic rings. The Kier molecular flexibility index (Phi) is 7.89. The molecule has 1 saturated heterocycles. The minimum Gasteiger partial charge on any atom is -0.479 e. The molecule has 5 aromatic rings. The highest BCUT2D eigenvalue weighted by Crippen LogP contribution is 2.45. The molecule has 0 aliphatic carbocycles. The summed E-state index contributed by atoms with van der Waals surface area (Å²) >= 11 is 0. The summed E-state index contributed by atoms with van der Waals surface area (Å²) in [6.45, 7) is 17.4. The number of benzene rings is 1. The number of carboxylic acid groups (broad SMARTS) is 1. The highest BCUT2D eigenvalue weighted by Gasteiger charge is 2.37. The second kappa shape index (κ2) is 11.8. The molecule has 1 N–H and O–H groups in total. The molecular formula is C38H44N6O4. The van der Waals surface area contributed by atoms with Crippen LogP contribution in [0, 0.1) is 19.3 Å². The Morgan fingerprint density at radius 2 is 1.77 bits per heavy atom. The number of ether oxygens (including phenoxy) is 1. The van der Waals surface area contributed by atoms with Gasteiger partial charge < -0.3 is 24.1 Å². The van der Waals surface area contributed by atoms with Crippen LogP contribution in [0.2, 0.25) is 0 Å². The zero-order chi connectivity index (χ0) is 34.0. The fraction of sp³-hybridized carbons (Fsp3) is 0.447. The molecule has 7 rings (SSSR count). The van der Waals surface area contributed by atoms with Crippen molar-refractivity contribution >= 4 is 39.7 Å². The molecule has 1 fully saturated rings. The molecule has 0 amide bonds. The Bertz CT molecular complexity index is 2040. The van der Waals surface area contributed by atoms with E-state index in [4.69, 9.17) is 14.1 Å². The van der Waals surface area contributed by atoms with Gasteiger partial charge in [-0.3, -0.25) is 4.98 Å². The van der Waals surface area contributed by atoms with Crippen LogP contribution in [-0.4, -0.2) is 56.2 Å². The minimum atomic E-state index is -1.15. The number of hydrogen-bond acceptors (Lipinski definition) is 9. The van der Waals surface area contributed by atoms with Gasteiger partial charge in [0.2, 0.25) is 5.71 Å². The van der Waals surface area contributed by atoms with E-state index in [1.54, 1.807) is 12.5 Å². The SMILES string of the molecule is Cc1nc(C)c([C@H](OC(C)(C)C)C(=O)O)c(N2CCC(C)(C)CC2)c1-c1ccc2c(c1)CCN(c1ncnc3c1oc1ncccc13)C2. The standard InChI is InChI=1S/C38H44N6O4/c1-22-28(31(43-17-13-38(6,7)14-18-43)29(23(2)42-22)32(36(45)46)48-37(3,4)5)25-10-11-26-20-44(16-12-24(26)19-25)34-33-30(40-21-41-34)27-9-8-15-39-35(27)47-33/h8-11,15,19,21,32H,12-14,16-18,20H2,1-7H3,(H,45,46)/t32-/m0/s1. The number of aliphatic carboxylic acids is 1. The van der Waals surface area contributed by atoms with E-state index in [2.05, 4.69) is 56.8 Å². The van der Waals surface area contributed by atoms with Gasteiger partial charge in [0.15, 0.2) is 17.5 Å². The number of hydrogen-bond donors (Lipinski definition) is 1. The number of anilines is 2. The lowest BCUT2D eigenvalue weighted by atomic mass is 9.81. The van der Waals surface area contributed by atoms with E-state index < -0.39 is 17.7 Å². The first-order valence-electron chi connectivity index (χ1n) is 16.8. The normalized spacial score (nSPS) is 17.1. The summed E-state index contributed by atoms with van der Waals surface area (Å²) < 4.78 is 12.4. The molecule has 0 radical (unpaired) electrons. The summed E-state index contributed by atoms with van der Waals surface area (Å²) in [4.78, 5) is 36.0. The average molecular weight is 649 g/mol. The zero-order valence-electron chi connectivity index (χ0n) is 28.9. The maximum atomic E-state index is 12.9. The van der Waals surface area contributed by atoms with E-state index in [-0.39, 0.29) is 5.41 Å². The van der Waals surface area contributed by atoms with Crippen LogP contribution in [0.1, 0.15) is 81.6 Å². The summed E-state index contributed by atoms with van der Waals surface area (Å²) in [5.41, 5.74) is 9.21. The minimum absolute atomic E-state index is 0.230. The van der Waals surface area contributed by atoms with Crippen LogP contribution in [0.5, 0.6) is 0 Å². The maximum Gasteiger partial charge on any atom is 0.337 e. The first-order chi connectivity index (χ1) is 22.8. The van der Waals surface area contributed by atoms with Crippen LogP contribution < -0.4 is 9.80 Å². The van der Waals surface area contributed by atoms with Crippen LogP contribution in [-0.2, 0) is 22.5 Å². The topological polar surface area (TPSA) is 118 Å². The van der Waals surface area contributed by atoms with E-state index in [1.165, 1.54) is 11.1 Å². The zero-order valence-corrected chi connectivity index (χ0v) is 28.9. The Labute approximate surface area is 281 Å². The van der Waals surface area contributed by atoms with Crippen molar-refractivity contribution < 1.29 is 19.1 Å². The predicted molar refractivity (Wildman–Crippen MR) is 187 cm³/mol. The van der Waals surface area contributed by atoms with Crippen molar-refractivity contribution in [2.75, 3.05) is 29.4 Å². The van der Waals surface area contributed by atoms with Gasteiger partial charge in [-0.15, -0.1) is 0 Å². The number of nitrogens with zero attached hydrogens (tertiary/aromatic N) is 6. The van der Waals surface area contributed by atoms with Crippen LogP contribution >= 0.6 is 0 Å². The van der Waals surface area contributed by atoms with Gasteiger partial charge in [-0.2, -0.15) is 0 Å². The second-order valence-corrected chi connectivity index (χ2v) is 15.0. The molecule has 0 saturated carbocycles. The van der Waals surface area contributed by atoms with Gasteiger partial charge in [0.25, 0.3) is 0 Å². The van der Waals surface area contributed by atoms with E-state index in [0.29, 0.717) is 29.1 Å². The second-order valence-electron chi connectivity index (χ2n) is 15.0. The monoisotopic (exact) mass is 648 g/mol. The maximum absolute atomic E-state index is 12.9. The van der Waals surface area contributed by atoms with Gasteiger partial charge in [0.05, 0.1) is 16.7 Å². The van der Waals surface area contributed by atoms with Crippen molar-refractivity contribution in [3.8, 4) is 11.1 Å². The van der Waals surface area contributed by atoms with Gasteiger partial charge in [-0.05, 0) is 88.1 Å². The van der Waals surface area contributed by atoms with Crippen LogP contribution in [0.4, 0.5) is 11.5 Å². The van der Waals surface area contributed by atoms with E-state index in [1.807, 2.05) is 46.8 Å². The van der Waals surface area contributed by atoms with E-state index in [0.717, 1.165) is 78.1 Å². The van der Waals surface area contributed by atoms with Crippen molar-refractivity contribution in [3.05, 3.63) is 70.9 Å². The molecule has 250 valence electrons. The molecule has 1 aromatic carbocycles. The van der Waals surface area contributed by atoms with Gasteiger partial charge in [-0.25, -0.2) is 19.7 Å². The first kappa shape index (κ1) is 32.0. The van der Waals surface area contributed by atoms with Crippen LogP contribution in [0.3, 0.4) is 0 Å². The van der Waals surface area contributed by atoms with Crippen LogP contribution in [0.15, 0.2) is 47.3 Å². The third-order valence-corrected chi connectivity index (χ3v) is 9.79. The van der Waals surface area contributed by atoms with E-state index >= 15 is 0 Å². The highest BCUT2D eigenvalue weighted by molar-refractivity contribution is 6.04. The van der Waals surface area contributed by atoms with Crippen molar-refractivity contribution in [2.24, 2.45) is 5.41 Å². The summed E-state index contributed by atoms with van der Waals surface area (Å²) in [6, 6.07) is 10.5. The molecular weight excluding hydrogens is 604 g/mol. The molecule has 0 unspecified atom stereocenters. The lowest BCUT2D eigenvalue weighted by Gasteiger charge is -2.41. The van der Waals surface area contributed by atoms with Gasteiger partial charge in [0, 0.05) is 54.9 Å².